The molecule has 0 aliphatic carbocycles. The van der Waals surface area contributed by atoms with Crippen LogP contribution in [0.3, 0.4) is 0 Å². The Morgan fingerprint density at radius 2 is 1.64 bits per heavy atom. The van der Waals surface area contributed by atoms with Crippen LogP contribution in [0.4, 0.5) is 11.4 Å². The van der Waals surface area contributed by atoms with Crippen LogP contribution in [0.25, 0.3) is 0 Å². The molecule has 0 spiro atoms. The summed E-state index contributed by atoms with van der Waals surface area (Å²) in [5.74, 6) is -0.653. The number of benzene rings is 2. The molecule has 0 aliphatic rings. The number of aryl methyl sites for hydroxylation is 1. The fourth-order valence-corrected chi connectivity index (χ4v) is 3.85. The lowest BCUT2D eigenvalue weighted by atomic mass is 10.2. The topological polar surface area (TPSA) is 104 Å². The van der Waals surface area contributed by atoms with E-state index >= 15 is 0 Å². The standard InChI is InChI=1S/C19H22ClN3O4S/c1-3-4-18(24)21-12-19(25)22-16-8-5-13(2)17(11-16)28(26,27)23-15-9-6-14(20)7-10-15/h5-11,23H,3-4,12H2,1-2H3,(H,21,24)(H,22,25). The number of carbonyl (C=O) groups excluding carboxylic acids is 2. The molecule has 0 bridgehead atoms. The van der Waals surface area contributed by atoms with E-state index in [0.717, 1.165) is 0 Å². The molecule has 2 rings (SSSR count). The van der Waals surface area contributed by atoms with Crippen molar-refractivity contribution >= 4 is 44.8 Å². The summed E-state index contributed by atoms with van der Waals surface area (Å²) in [7, 11) is -3.86. The fraction of sp³-hybridized carbons (Fsp3) is 0.263. The minimum atomic E-state index is -3.86. The van der Waals surface area contributed by atoms with Crippen molar-refractivity contribution in [3.8, 4) is 0 Å². The first kappa shape index (κ1) is 21.7. The Kier molecular flexibility index (Phi) is 7.42. The minimum Gasteiger partial charge on any atom is -0.347 e. The highest BCUT2D eigenvalue weighted by atomic mass is 35.5. The van der Waals surface area contributed by atoms with Crippen LogP contribution in [0.15, 0.2) is 47.4 Å². The lowest BCUT2D eigenvalue weighted by molar-refractivity contribution is -0.124. The number of rotatable bonds is 8. The Balaban J connectivity index is 2.12. The van der Waals surface area contributed by atoms with Crippen molar-refractivity contribution in [2.24, 2.45) is 0 Å². The quantitative estimate of drug-likeness (QED) is 0.605. The Hall–Kier alpha value is -2.58. The molecule has 0 fully saturated rings. The first-order valence-electron chi connectivity index (χ1n) is 8.67. The summed E-state index contributed by atoms with van der Waals surface area (Å²) in [4.78, 5) is 23.5. The van der Waals surface area contributed by atoms with Crippen LogP contribution < -0.4 is 15.4 Å². The molecular formula is C19H22ClN3O4S. The van der Waals surface area contributed by atoms with Crippen molar-refractivity contribution in [1.29, 1.82) is 0 Å². The second-order valence-electron chi connectivity index (χ2n) is 6.17. The van der Waals surface area contributed by atoms with Gasteiger partial charge in [0.1, 0.15) is 0 Å². The number of hydrogen-bond donors (Lipinski definition) is 3. The maximum atomic E-state index is 12.7. The summed E-state index contributed by atoms with van der Waals surface area (Å²) in [5, 5.41) is 5.59. The monoisotopic (exact) mass is 423 g/mol. The van der Waals surface area contributed by atoms with Gasteiger partial charge in [-0.2, -0.15) is 0 Å². The Morgan fingerprint density at radius 3 is 2.29 bits per heavy atom. The fourth-order valence-electron chi connectivity index (χ4n) is 2.39. The lowest BCUT2D eigenvalue weighted by Crippen LogP contribution is -2.32. The zero-order valence-corrected chi connectivity index (χ0v) is 17.2. The van der Waals surface area contributed by atoms with Crippen molar-refractivity contribution in [2.45, 2.75) is 31.6 Å². The molecule has 0 saturated carbocycles. The van der Waals surface area contributed by atoms with Crippen LogP contribution in [0.2, 0.25) is 5.02 Å². The van der Waals surface area contributed by atoms with E-state index in [1.54, 1.807) is 43.3 Å². The van der Waals surface area contributed by atoms with E-state index in [1.807, 2.05) is 6.92 Å². The Bertz CT molecular complexity index is 960. The summed E-state index contributed by atoms with van der Waals surface area (Å²) in [6, 6.07) is 10.8. The largest absolute Gasteiger partial charge is 0.347 e. The molecule has 0 saturated heterocycles. The molecule has 0 aliphatic heterocycles. The van der Waals surface area contributed by atoms with E-state index in [0.29, 0.717) is 34.8 Å². The zero-order valence-electron chi connectivity index (χ0n) is 15.6. The molecule has 150 valence electrons. The number of sulfonamides is 1. The summed E-state index contributed by atoms with van der Waals surface area (Å²) < 4.78 is 27.9. The van der Waals surface area contributed by atoms with Crippen molar-refractivity contribution in [2.75, 3.05) is 16.6 Å². The average Bonchev–Trinajstić information content (AvgIpc) is 2.63. The van der Waals surface area contributed by atoms with Gasteiger partial charge in [-0.15, -0.1) is 0 Å². The van der Waals surface area contributed by atoms with Crippen molar-refractivity contribution in [3.05, 3.63) is 53.1 Å². The van der Waals surface area contributed by atoms with Crippen LogP contribution in [-0.2, 0) is 19.6 Å². The van der Waals surface area contributed by atoms with Gasteiger partial charge in [0.25, 0.3) is 10.0 Å². The summed E-state index contributed by atoms with van der Waals surface area (Å²) in [6.45, 7) is 3.34. The van der Waals surface area contributed by atoms with E-state index in [4.69, 9.17) is 11.6 Å². The number of hydrogen-bond acceptors (Lipinski definition) is 4. The van der Waals surface area contributed by atoms with Crippen molar-refractivity contribution < 1.29 is 18.0 Å². The molecule has 9 heteroatoms. The molecule has 2 aromatic rings. The number of halogens is 1. The van der Waals surface area contributed by atoms with Gasteiger partial charge < -0.3 is 10.6 Å². The number of carbonyl (C=O) groups is 2. The van der Waals surface area contributed by atoms with Gasteiger partial charge >= 0.3 is 0 Å². The van der Waals surface area contributed by atoms with Gasteiger partial charge in [0, 0.05) is 22.8 Å². The molecule has 0 heterocycles. The van der Waals surface area contributed by atoms with Crippen molar-refractivity contribution in [1.82, 2.24) is 5.32 Å². The number of anilines is 2. The number of amides is 2. The van der Waals surface area contributed by atoms with Crippen LogP contribution >= 0.6 is 11.6 Å². The molecule has 7 nitrogen and oxygen atoms in total. The van der Waals surface area contributed by atoms with Crippen LogP contribution in [0.5, 0.6) is 0 Å². The van der Waals surface area contributed by atoms with Crippen LogP contribution in [0, 0.1) is 6.92 Å². The van der Waals surface area contributed by atoms with Crippen LogP contribution in [0.1, 0.15) is 25.3 Å². The molecule has 0 unspecified atom stereocenters. The molecule has 0 radical (unpaired) electrons. The van der Waals surface area contributed by atoms with Crippen molar-refractivity contribution in [3.63, 3.8) is 0 Å². The van der Waals surface area contributed by atoms with E-state index < -0.39 is 15.9 Å². The van der Waals surface area contributed by atoms with Gasteiger partial charge in [0.2, 0.25) is 11.8 Å². The summed E-state index contributed by atoms with van der Waals surface area (Å²) in [5.41, 5.74) is 1.21. The third-order valence-electron chi connectivity index (χ3n) is 3.78. The lowest BCUT2D eigenvalue weighted by Gasteiger charge is -2.13. The number of nitrogens with one attached hydrogen (secondary N) is 3. The maximum absolute atomic E-state index is 12.7. The van der Waals surface area contributed by atoms with Gasteiger partial charge in [0.05, 0.1) is 11.4 Å². The summed E-state index contributed by atoms with van der Waals surface area (Å²) in [6.07, 6.45) is 1.03. The summed E-state index contributed by atoms with van der Waals surface area (Å²) >= 11 is 5.81. The first-order valence-corrected chi connectivity index (χ1v) is 10.5. The third-order valence-corrected chi connectivity index (χ3v) is 5.56. The SMILES string of the molecule is CCCC(=O)NCC(=O)Nc1ccc(C)c(S(=O)(=O)Nc2ccc(Cl)cc2)c1. The van der Waals surface area contributed by atoms with Gasteiger partial charge in [-0.05, 0) is 55.3 Å². The predicted molar refractivity (Wildman–Crippen MR) is 110 cm³/mol. The van der Waals surface area contributed by atoms with Gasteiger partial charge in [-0.25, -0.2) is 8.42 Å². The van der Waals surface area contributed by atoms with Gasteiger partial charge in [-0.3, -0.25) is 14.3 Å². The normalized spacial score (nSPS) is 11.0. The second-order valence-corrected chi connectivity index (χ2v) is 8.25. The van der Waals surface area contributed by atoms with Crippen LogP contribution in [-0.4, -0.2) is 26.8 Å². The smallest absolute Gasteiger partial charge is 0.262 e. The Morgan fingerprint density at radius 1 is 1.00 bits per heavy atom. The second kappa shape index (κ2) is 9.57. The van der Waals surface area contributed by atoms with Gasteiger partial charge in [0.15, 0.2) is 0 Å². The molecule has 2 amide bonds. The highest BCUT2D eigenvalue weighted by Gasteiger charge is 2.18. The molecule has 2 aromatic carbocycles. The maximum Gasteiger partial charge on any atom is 0.262 e. The predicted octanol–water partition coefficient (Wildman–Crippen LogP) is 3.30. The van der Waals surface area contributed by atoms with E-state index in [9.17, 15) is 18.0 Å². The average molecular weight is 424 g/mol. The molecule has 3 N–H and O–H groups in total. The van der Waals surface area contributed by atoms with E-state index in [2.05, 4.69) is 15.4 Å². The molecule has 0 aromatic heterocycles. The molecule has 0 atom stereocenters. The minimum absolute atomic E-state index is 0.0373. The van der Waals surface area contributed by atoms with Gasteiger partial charge in [-0.1, -0.05) is 24.6 Å². The third kappa shape index (κ3) is 6.24. The Labute approximate surface area is 169 Å². The first-order chi connectivity index (χ1) is 13.2. The molecule has 28 heavy (non-hydrogen) atoms. The van der Waals surface area contributed by atoms with E-state index in [-0.39, 0.29) is 17.3 Å². The molecular weight excluding hydrogens is 402 g/mol. The van der Waals surface area contributed by atoms with E-state index in [1.165, 1.54) is 6.07 Å². The zero-order chi connectivity index (χ0) is 20.7. The highest BCUT2D eigenvalue weighted by Crippen LogP contribution is 2.23. The highest BCUT2D eigenvalue weighted by molar-refractivity contribution is 7.92.